The highest BCUT2D eigenvalue weighted by atomic mass is 19.4. The van der Waals surface area contributed by atoms with E-state index in [1.165, 1.54) is 36.4 Å². The van der Waals surface area contributed by atoms with Crippen LogP contribution in [0, 0.1) is 0 Å². The topological polar surface area (TPSA) is 75.2 Å². The molecule has 0 saturated heterocycles. The van der Waals surface area contributed by atoms with Crippen molar-refractivity contribution in [3.05, 3.63) is 59.4 Å². The van der Waals surface area contributed by atoms with Gasteiger partial charge in [0.05, 0.1) is 16.6 Å². The Hall–Kier alpha value is -3.03. The third-order valence-electron chi connectivity index (χ3n) is 4.13. The van der Waals surface area contributed by atoms with Gasteiger partial charge in [-0.1, -0.05) is 12.1 Å². The Bertz CT molecular complexity index is 960. The summed E-state index contributed by atoms with van der Waals surface area (Å²) < 4.78 is 40.7. The van der Waals surface area contributed by atoms with Gasteiger partial charge in [-0.2, -0.15) is 0 Å². The number of aromatic carboxylic acids is 1. The van der Waals surface area contributed by atoms with Gasteiger partial charge >= 0.3 is 12.3 Å². The molecule has 2 N–H and O–H groups in total. The van der Waals surface area contributed by atoms with Gasteiger partial charge in [0.2, 0.25) is 0 Å². The molecule has 1 aromatic heterocycles. The summed E-state index contributed by atoms with van der Waals surface area (Å²) >= 11 is 0. The van der Waals surface area contributed by atoms with Gasteiger partial charge in [0.1, 0.15) is 11.6 Å². The second kappa shape index (κ2) is 6.05. The van der Waals surface area contributed by atoms with Crippen molar-refractivity contribution in [2.24, 2.45) is 0 Å². The third kappa shape index (κ3) is 3.49. The van der Waals surface area contributed by atoms with Crippen LogP contribution in [0.5, 0.6) is 5.75 Å². The fourth-order valence-corrected chi connectivity index (χ4v) is 2.65. The molecule has 136 valence electrons. The molecule has 0 atom stereocenters. The summed E-state index contributed by atoms with van der Waals surface area (Å²) in [6.07, 6.45) is -4.74. The number of carboxylic acids is 1. The quantitative estimate of drug-likeness (QED) is 0.715. The van der Waals surface area contributed by atoms with Gasteiger partial charge in [0.15, 0.2) is 0 Å². The first-order valence-corrected chi connectivity index (χ1v) is 7.66. The SMILES string of the molecule is CC(C)(c1ccc(OC(F)(F)F)cc1)c1nc2ccc(C(=O)O)cc2[nH]1. The molecule has 2 aromatic carbocycles. The fraction of sp³-hybridized carbons (Fsp3) is 0.222. The molecule has 3 aromatic rings. The zero-order chi connectivity index (χ0) is 19.1. The lowest BCUT2D eigenvalue weighted by atomic mass is 9.84. The van der Waals surface area contributed by atoms with E-state index in [1.54, 1.807) is 6.07 Å². The summed E-state index contributed by atoms with van der Waals surface area (Å²) in [6, 6.07) is 10.1. The van der Waals surface area contributed by atoms with Gasteiger partial charge in [0, 0.05) is 5.41 Å². The molecular formula is C18H15F3N2O3. The molecule has 5 nitrogen and oxygen atoms in total. The maximum Gasteiger partial charge on any atom is 0.573 e. The van der Waals surface area contributed by atoms with E-state index < -0.39 is 17.7 Å². The van der Waals surface area contributed by atoms with Gasteiger partial charge < -0.3 is 14.8 Å². The van der Waals surface area contributed by atoms with E-state index in [1.807, 2.05) is 13.8 Å². The van der Waals surface area contributed by atoms with Crippen molar-refractivity contribution in [1.82, 2.24) is 9.97 Å². The highest BCUT2D eigenvalue weighted by Gasteiger charge is 2.32. The van der Waals surface area contributed by atoms with Crippen LogP contribution in [0.3, 0.4) is 0 Å². The summed E-state index contributed by atoms with van der Waals surface area (Å²) in [4.78, 5) is 18.7. The van der Waals surface area contributed by atoms with E-state index in [4.69, 9.17) is 5.11 Å². The predicted octanol–water partition coefficient (Wildman–Crippen LogP) is 4.49. The maximum absolute atomic E-state index is 12.3. The largest absolute Gasteiger partial charge is 0.573 e. The number of ether oxygens (including phenoxy) is 1. The number of hydrogen-bond acceptors (Lipinski definition) is 3. The number of carboxylic acid groups (broad SMARTS) is 1. The number of benzene rings is 2. The van der Waals surface area contributed by atoms with E-state index in [0.717, 1.165) is 5.56 Å². The van der Waals surface area contributed by atoms with Crippen LogP contribution < -0.4 is 4.74 Å². The second-order valence-electron chi connectivity index (χ2n) is 6.32. The van der Waals surface area contributed by atoms with Gasteiger partial charge in [-0.25, -0.2) is 9.78 Å². The van der Waals surface area contributed by atoms with Gasteiger partial charge in [-0.05, 0) is 49.7 Å². The Morgan fingerprint density at radius 1 is 1.12 bits per heavy atom. The summed E-state index contributed by atoms with van der Waals surface area (Å²) in [5, 5.41) is 9.07. The Morgan fingerprint density at radius 3 is 2.35 bits per heavy atom. The highest BCUT2D eigenvalue weighted by Crippen LogP contribution is 2.33. The van der Waals surface area contributed by atoms with E-state index in [9.17, 15) is 18.0 Å². The van der Waals surface area contributed by atoms with Crippen molar-refractivity contribution in [3.63, 3.8) is 0 Å². The Balaban J connectivity index is 1.94. The summed E-state index contributed by atoms with van der Waals surface area (Å²) in [6.45, 7) is 3.73. The molecule has 0 amide bonds. The molecule has 0 aliphatic rings. The third-order valence-corrected chi connectivity index (χ3v) is 4.13. The minimum atomic E-state index is -4.74. The number of rotatable bonds is 4. The first kappa shape index (κ1) is 17.8. The van der Waals surface area contributed by atoms with Crippen LogP contribution in [0.15, 0.2) is 42.5 Å². The van der Waals surface area contributed by atoms with Crippen LogP contribution in [0.4, 0.5) is 13.2 Å². The number of aromatic amines is 1. The second-order valence-corrected chi connectivity index (χ2v) is 6.32. The molecule has 0 radical (unpaired) electrons. The molecule has 8 heteroatoms. The minimum absolute atomic E-state index is 0.138. The predicted molar refractivity (Wildman–Crippen MR) is 88.3 cm³/mol. The van der Waals surface area contributed by atoms with Gasteiger partial charge in [-0.15, -0.1) is 13.2 Å². The van der Waals surface area contributed by atoms with Crippen LogP contribution in [0.1, 0.15) is 35.6 Å². The smallest absolute Gasteiger partial charge is 0.478 e. The van der Waals surface area contributed by atoms with E-state index in [-0.39, 0.29) is 11.3 Å². The molecular weight excluding hydrogens is 349 g/mol. The first-order valence-electron chi connectivity index (χ1n) is 7.66. The number of imidazole rings is 1. The Morgan fingerprint density at radius 2 is 1.77 bits per heavy atom. The molecule has 0 aliphatic carbocycles. The van der Waals surface area contributed by atoms with Gasteiger partial charge in [-0.3, -0.25) is 0 Å². The molecule has 3 rings (SSSR count). The number of alkyl halides is 3. The lowest BCUT2D eigenvalue weighted by molar-refractivity contribution is -0.274. The van der Waals surface area contributed by atoms with Crippen LogP contribution in [-0.2, 0) is 5.41 Å². The van der Waals surface area contributed by atoms with E-state index in [0.29, 0.717) is 16.9 Å². The molecule has 0 saturated carbocycles. The molecule has 1 heterocycles. The number of aromatic nitrogens is 2. The van der Waals surface area contributed by atoms with Crippen LogP contribution in [0.25, 0.3) is 11.0 Å². The number of H-pyrrole nitrogens is 1. The van der Waals surface area contributed by atoms with E-state index in [2.05, 4.69) is 14.7 Å². The Labute approximate surface area is 146 Å². The van der Waals surface area contributed by atoms with Crippen LogP contribution >= 0.6 is 0 Å². The molecule has 0 bridgehead atoms. The van der Waals surface area contributed by atoms with Crippen molar-refractivity contribution in [3.8, 4) is 5.75 Å². The van der Waals surface area contributed by atoms with E-state index >= 15 is 0 Å². The van der Waals surface area contributed by atoms with Crippen molar-refractivity contribution >= 4 is 17.0 Å². The normalized spacial score (nSPS) is 12.3. The number of nitrogens with zero attached hydrogens (tertiary/aromatic N) is 1. The summed E-state index contributed by atoms with van der Waals surface area (Å²) in [5.74, 6) is -0.769. The first-order chi connectivity index (χ1) is 12.1. The molecule has 0 spiro atoms. The molecule has 0 aliphatic heterocycles. The molecule has 0 fully saturated rings. The number of hydrogen-bond donors (Lipinski definition) is 2. The monoisotopic (exact) mass is 364 g/mol. The summed E-state index contributed by atoms with van der Waals surface area (Å²) in [5.41, 5.74) is 1.41. The average molecular weight is 364 g/mol. The fourth-order valence-electron chi connectivity index (χ4n) is 2.65. The number of fused-ring (bicyclic) bond motifs is 1. The van der Waals surface area contributed by atoms with Crippen molar-refractivity contribution in [2.75, 3.05) is 0 Å². The highest BCUT2D eigenvalue weighted by molar-refractivity contribution is 5.92. The van der Waals surface area contributed by atoms with Crippen molar-refractivity contribution in [1.29, 1.82) is 0 Å². The van der Waals surface area contributed by atoms with Crippen LogP contribution in [0.2, 0.25) is 0 Å². The lowest BCUT2D eigenvalue weighted by Crippen LogP contribution is -2.21. The average Bonchev–Trinajstić information content (AvgIpc) is 2.97. The lowest BCUT2D eigenvalue weighted by Gasteiger charge is -2.23. The van der Waals surface area contributed by atoms with Crippen molar-refractivity contribution < 1.29 is 27.8 Å². The molecule has 0 unspecified atom stereocenters. The minimum Gasteiger partial charge on any atom is -0.478 e. The summed E-state index contributed by atoms with van der Waals surface area (Å²) in [7, 11) is 0. The van der Waals surface area contributed by atoms with Gasteiger partial charge in [0.25, 0.3) is 0 Å². The molecule has 26 heavy (non-hydrogen) atoms. The number of halogens is 3. The Kier molecular flexibility index (Phi) is 4.14. The number of nitrogens with one attached hydrogen (secondary N) is 1. The maximum atomic E-state index is 12.3. The zero-order valence-corrected chi connectivity index (χ0v) is 13.9. The van der Waals surface area contributed by atoms with Crippen molar-refractivity contribution in [2.45, 2.75) is 25.6 Å². The standard InChI is InChI=1S/C18H15F3N2O3/c1-17(2,11-4-6-12(7-5-11)26-18(19,20)21)16-22-13-8-3-10(15(24)25)9-14(13)23-16/h3-9H,1-2H3,(H,22,23)(H,24,25). The number of carbonyl (C=O) groups is 1. The van der Waals surface area contributed by atoms with Crippen LogP contribution in [-0.4, -0.2) is 27.4 Å². The zero-order valence-electron chi connectivity index (χ0n) is 13.9.